The fourth-order valence-corrected chi connectivity index (χ4v) is 4.96. The summed E-state index contributed by atoms with van der Waals surface area (Å²) in [5, 5.41) is 18.1. The van der Waals surface area contributed by atoms with Crippen LogP contribution in [0.5, 0.6) is 0 Å². The molecule has 0 amide bonds. The summed E-state index contributed by atoms with van der Waals surface area (Å²) in [5.74, 6) is 1.54. The first kappa shape index (κ1) is 14.0. The zero-order valence-electron chi connectivity index (χ0n) is 13.5. The Morgan fingerprint density at radius 3 is 2.95 bits per heavy atom. The minimum Gasteiger partial charge on any atom is -0.394 e. The number of aromatic nitrogens is 3. The van der Waals surface area contributed by atoms with E-state index in [9.17, 15) is 5.11 Å². The van der Waals surface area contributed by atoms with Crippen LogP contribution in [0, 0.1) is 5.92 Å². The quantitative estimate of drug-likeness (QED) is 0.924. The lowest BCUT2D eigenvalue weighted by atomic mass is 9.52. The molecule has 0 fully saturated rings. The summed E-state index contributed by atoms with van der Waals surface area (Å²) in [5.41, 5.74) is 3.74. The molecule has 0 saturated heterocycles. The van der Waals surface area contributed by atoms with Gasteiger partial charge in [0, 0.05) is 22.6 Å². The molecule has 2 aromatic heterocycles. The summed E-state index contributed by atoms with van der Waals surface area (Å²) >= 11 is 0. The summed E-state index contributed by atoms with van der Waals surface area (Å²) in [7, 11) is 0. The fraction of sp³-hybridized carbons (Fsp3) is 0.647. The van der Waals surface area contributed by atoms with Gasteiger partial charge in [-0.1, -0.05) is 25.9 Å². The van der Waals surface area contributed by atoms with Crippen LogP contribution in [0.3, 0.4) is 0 Å². The number of aliphatic hydroxyl groups excluding tert-OH is 1. The molecule has 5 nitrogen and oxygen atoms in total. The van der Waals surface area contributed by atoms with Crippen LogP contribution in [0.2, 0.25) is 0 Å². The van der Waals surface area contributed by atoms with E-state index in [-0.39, 0.29) is 17.4 Å². The molecule has 2 aliphatic rings. The van der Waals surface area contributed by atoms with Crippen LogP contribution in [0.25, 0.3) is 0 Å². The zero-order chi connectivity index (χ0) is 15.5. The highest BCUT2D eigenvalue weighted by Gasteiger charge is 2.55. The van der Waals surface area contributed by atoms with Crippen molar-refractivity contribution in [2.75, 3.05) is 6.61 Å². The molecule has 2 aliphatic carbocycles. The molecule has 0 aliphatic heterocycles. The first-order valence-electron chi connectivity index (χ1n) is 8.08. The topological polar surface area (TPSA) is 64.1 Å². The van der Waals surface area contributed by atoms with Crippen LogP contribution in [-0.4, -0.2) is 26.7 Å². The van der Waals surface area contributed by atoms with E-state index in [1.165, 1.54) is 16.8 Å². The highest BCUT2D eigenvalue weighted by molar-refractivity contribution is 5.40. The van der Waals surface area contributed by atoms with Gasteiger partial charge >= 0.3 is 0 Å². The summed E-state index contributed by atoms with van der Waals surface area (Å²) in [6.07, 6.45) is 7.11. The number of hydrogen-bond acceptors (Lipinski definition) is 4. The summed E-state index contributed by atoms with van der Waals surface area (Å²) in [4.78, 5) is 0. The third-order valence-electron chi connectivity index (χ3n) is 5.84. The van der Waals surface area contributed by atoms with Gasteiger partial charge in [0.2, 0.25) is 0 Å². The van der Waals surface area contributed by atoms with E-state index < -0.39 is 0 Å². The fourth-order valence-electron chi connectivity index (χ4n) is 4.96. The predicted octanol–water partition coefficient (Wildman–Crippen LogP) is 2.22. The van der Waals surface area contributed by atoms with Crippen molar-refractivity contribution in [3.63, 3.8) is 0 Å². The van der Waals surface area contributed by atoms with E-state index in [0.29, 0.717) is 12.5 Å². The van der Waals surface area contributed by atoms with Crippen molar-refractivity contribution < 1.29 is 9.63 Å². The zero-order valence-corrected chi connectivity index (χ0v) is 13.5. The summed E-state index contributed by atoms with van der Waals surface area (Å²) < 4.78 is 7.49. The van der Waals surface area contributed by atoms with Crippen LogP contribution in [0.1, 0.15) is 49.8 Å². The van der Waals surface area contributed by atoms with E-state index in [0.717, 1.165) is 25.0 Å². The molecular weight excluding hydrogens is 278 g/mol. The average Bonchev–Trinajstić information content (AvgIpc) is 3.05. The lowest BCUT2D eigenvalue weighted by molar-refractivity contribution is 0.109. The van der Waals surface area contributed by atoms with Crippen molar-refractivity contribution in [3.8, 4) is 0 Å². The van der Waals surface area contributed by atoms with Crippen molar-refractivity contribution in [3.05, 3.63) is 35.0 Å². The standard InChI is InChI=1S/C17H23N3O2/c1-16(2)13-5-4-11-10-20(6-7-21)19-14(11)17(13,3)8-12-9-18-22-15(12)16/h9-10,13,21H,4-8H2,1-3H3. The Balaban J connectivity index is 1.86. The minimum atomic E-state index is -0.0305. The van der Waals surface area contributed by atoms with Gasteiger partial charge in [0.25, 0.3) is 0 Å². The third kappa shape index (κ3) is 1.69. The normalized spacial score (nSPS) is 28.8. The van der Waals surface area contributed by atoms with Gasteiger partial charge in [0.15, 0.2) is 0 Å². The maximum Gasteiger partial charge on any atom is 0.145 e. The van der Waals surface area contributed by atoms with Crippen molar-refractivity contribution in [2.24, 2.45) is 5.92 Å². The maximum absolute atomic E-state index is 9.18. The average molecular weight is 301 g/mol. The number of hydrogen-bond donors (Lipinski definition) is 1. The Labute approximate surface area is 130 Å². The molecule has 2 heterocycles. The molecule has 0 saturated carbocycles. The SMILES string of the molecule is CC1(C)c2oncc2CC2(C)c3nn(CCO)cc3CCC12. The van der Waals surface area contributed by atoms with Crippen LogP contribution >= 0.6 is 0 Å². The largest absolute Gasteiger partial charge is 0.394 e. The number of aryl methyl sites for hydroxylation is 1. The highest BCUT2D eigenvalue weighted by atomic mass is 16.5. The third-order valence-corrected chi connectivity index (χ3v) is 5.84. The van der Waals surface area contributed by atoms with Gasteiger partial charge in [-0.25, -0.2) is 0 Å². The highest BCUT2D eigenvalue weighted by Crippen LogP contribution is 2.55. The summed E-state index contributed by atoms with van der Waals surface area (Å²) in [6.45, 7) is 7.57. The predicted molar refractivity (Wildman–Crippen MR) is 81.7 cm³/mol. The Morgan fingerprint density at radius 1 is 1.36 bits per heavy atom. The smallest absolute Gasteiger partial charge is 0.145 e. The molecule has 0 spiro atoms. The molecular formula is C17H23N3O2. The monoisotopic (exact) mass is 301 g/mol. The Morgan fingerprint density at radius 2 is 2.18 bits per heavy atom. The van der Waals surface area contributed by atoms with Gasteiger partial charge in [-0.05, 0) is 30.7 Å². The first-order valence-corrected chi connectivity index (χ1v) is 8.08. The van der Waals surface area contributed by atoms with Gasteiger partial charge in [-0.15, -0.1) is 0 Å². The van der Waals surface area contributed by atoms with Gasteiger partial charge < -0.3 is 9.63 Å². The summed E-state index contributed by atoms with van der Waals surface area (Å²) in [6, 6.07) is 0. The lowest BCUT2D eigenvalue weighted by Crippen LogP contribution is -2.51. The number of nitrogens with zero attached hydrogens (tertiary/aromatic N) is 3. The van der Waals surface area contributed by atoms with E-state index in [1.807, 2.05) is 10.9 Å². The van der Waals surface area contributed by atoms with Gasteiger partial charge in [-0.3, -0.25) is 4.68 Å². The molecule has 118 valence electrons. The molecule has 2 aromatic rings. The molecule has 0 radical (unpaired) electrons. The molecule has 22 heavy (non-hydrogen) atoms. The number of fused-ring (bicyclic) bond motifs is 4. The number of aliphatic hydroxyl groups is 1. The molecule has 2 unspecified atom stereocenters. The number of rotatable bonds is 2. The molecule has 2 atom stereocenters. The lowest BCUT2D eigenvalue weighted by Gasteiger charge is -2.51. The second-order valence-corrected chi connectivity index (χ2v) is 7.58. The van der Waals surface area contributed by atoms with Crippen LogP contribution < -0.4 is 0 Å². The van der Waals surface area contributed by atoms with E-state index >= 15 is 0 Å². The second-order valence-electron chi connectivity index (χ2n) is 7.58. The molecule has 5 heteroatoms. The Kier molecular flexibility index (Phi) is 2.83. The van der Waals surface area contributed by atoms with E-state index in [2.05, 4.69) is 32.1 Å². The van der Waals surface area contributed by atoms with Crippen molar-refractivity contribution in [2.45, 2.75) is 57.4 Å². The van der Waals surface area contributed by atoms with Gasteiger partial charge in [0.05, 0.1) is 25.0 Å². The molecule has 4 rings (SSSR count). The van der Waals surface area contributed by atoms with Gasteiger partial charge in [-0.2, -0.15) is 5.10 Å². The Hall–Kier alpha value is -1.62. The minimum absolute atomic E-state index is 0.0103. The molecule has 0 bridgehead atoms. The maximum atomic E-state index is 9.18. The second kappa shape index (κ2) is 4.44. The molecule has 1 N–H and O–H groups in total. The first-order chi connectivity index (χ1) is 10.5. The van der Waals surface area contributed by atoms with Crippen molar-refractivity contribution in [1.29, 1.82) is 0 Å². The molecule has 0 aromatic carbocycles. The van der Waals surface area contributed by atoms with Crippen molar-refractivity contribution in [1.82, 2.24) is 14.9 Å². The van der Waals surface area contributed by atoms with Gasteiger partial charge in [0.1, 0.15) is 5.76 Å². The Bertz CT molecular complexity index is 715. The van der Waals surface area contributed by atoms with E-state index in [4.69, 9.17) is 9.62 Å². The van der Waals surface area contributed by atoms with Crippen molar-refractivity contribution >= 4 is 0 Å². The van der Waals surface area contributed by atoms with Crippen LogP contribution in [-0.2, 0) is 30.2 Å². The van der Waals surface area contributed by atoms with E-state index in [1.54, 1.807) is 0 Å². The van der Waals surface area contributed by atoms with Crippen LogP contribution in [0.4, 0.5) is 0 Å². The van der Waals surface area contributed by atoms with Crippen LogP contribution in [0.15, 0.2) is 16.9 Å².